The number of esters is 1. The predicted octanol–water partition coefficient (Wildman–Crippen LogP) is 3.17. The van der Waals surface area contributed by atoms with Gasteiger partial charge in [0.15, 0.2) is 5.13 Å². The largest absolute Gasteiger partial charge is 0.465 e. The van der Waals surface area contributed by atoms with Crippen molar-refractivity contribution in [1.82, 2.24) is 4.98 Å². The Bertz CT molecular complexity index is 409. The van der Waals surface area contributed by atoms with Crippen LogP contribution < -0.4 is 5.32 Å². The van der Waals surface area contributed by atoms with E-state index in [0.29, 0.717) is 10.9 Å². The predicted molar refractivity (Wildman–Crippen MR) is 73.0 cm³/mol. The van der Waals surface area contributed by atoms with Crippen LogP contribution in [-0.4, -0.2) is 24.1 Å². The van der Waals surface area contributed by atoms with Crippen LogP contribution in [0, 0.1) is 11.8 Å². The first-order chi connectivity index (χ1) is 8.58. The molecule has 0 aromatic carbocycles. The molecule has 4 nitrogen and oxygen atoms in total. The zero-order valence-electron chi connectivity index (χ0n) is 11.1. The fourth-order valence-electron chi connectivity index (χ4n) is 2.78. The van der Waals surface area contributed by atoms with Crippen molar-refractivity contribution in [3.05, 3.63) is 11.1 Å². The summed E-state index contributed by atoms with van der Waals surface area (Å²) in [5, 5.41) is 4.26. The van der Waals surface area contributed by atoms with Crippen LogP contribution in [0.25, 0.3) is 0 Å². The van der Waals surface area contributed by atoms with Crippen LogP contribution in [0.15, 0.2) is 6.20 Å². The van der Waals surface area contributed by atoms with Gasteiger partial charge in [0.25, 0.3) is 0 Å². The molecule has 18 heavy (non-hydrogen) atoms. The Morgan fingerprint density at radius 1 is 1.39 bits per heavy atom. The summed E-state index contributed by atoms with van der Waals surface area (Å²) in [6, 6.07) is 0.473. The molecule has 0 saturated heterocycles. The normalized spacial score (nSPS) is 27.8. The highest BCUT2D eigenvalue weighted by Crippen LogP contribution is 2.31. The number of carbonyl (C=O) groups excluding carboxylic acids is 1. The van der Waals surface area contributed by atoms with E-state index in [0.717, 1.165) is 17.0 Å². The number of aromatic nitrogens is 1. The van der Waals surface area contributed by atoms with Crippen molar-refractivity contribution in [3.63, 3.8) is 0 Å². The zero-order chi connectivity index (χ0) is 13.1. The molecule has 2 unspecified atom stereocenters. The van der Waals surface area contributed by atoms with E-state index in [1.54, 1.807) is 6.20 Å². The molecule has 0 radical (unpaired) electrons. The highest BCUT2D eigenvalue weighted by atomic mass is 32.1. The summed E-state index contributed by atoms with van der Waals surface area (Å²) in [6.45, 7) is 4.60. The Kier molecular flexibility index (Phi) is 4.22. The molecule has 1 aliphatic carbocycles. The van der Waals surface area contributed by atoms with Gasteiger partial charge in [0.1, 0.15) is 4.88 Å². The fourth-order valence-corrected chi connectivity index (χ4v) is 3.59. The second kappa shape index (κ2) is 5.69. The van der Waals surface area contributed by atoms with E-state index in [2.05, 4.69) is 28.9 Å². The molecule has 0 amide bonds. The van der Waals surface area contributed by atoms with Gasteiger partial charge < -0.3 is 10.1 Å². The van der Waals surface area contributed by atoms with Gasteiger partial charge in [-0.3, -0.25) is 0 Å². The van der Waals surface area contributed by atoms with Crippen LogP contribution in [0.4, 0.5) is 5.13 Å². The molecule has 100 valence electrons. The Hall–Kier alpha value is -1.10. The molecular weight excluding hydrogens is 248 g/mol. The van der Waals surface area contributed by atoms with Crippen molar-refractivity contribution in [2.24, 2.45) is 11.8 Å². The molecule has 1 heterocycles. The fraction of sp³-hybridized carbons (Fsp3) is 0.692. The molecule has 1 saturated carbocycles. The van der Waals surface area contributed by atoms with Gasteiger partial charge in [0, 0.05) is 6.04 Å². The van der Waals surface area contributed by atoms with E-state index in [1.165, 1.54) is 37.7 Å². The smallest absolute Gasteiger partial charge is 0.349 e. The highest BCUT2D eigenvalue weighted by molar-refractivity contribution is 7.17. The number of carbonyl (C=O) groups is 1. The van der Waals surface area contributed by atoms with Gasteiger partial charge in [-0.05, 0) is 31.1 Å². The molecule has 5 heteroatoms. The van der Waals surface area contributed by atoms with E-state index in [1.807, 2.05) is 0 Å². The maximum atomic E-state index is 11.3. The second-order valence-corrected chi connectivity index (χ2v) is 6.31. The lowest BCUT2D eigenvalue weighted by Gasteiger charge is -2.31. The first-order valence-corrected chi connectivity index (χ1v) is 7.20. The quantitative estimate of drug-likeness (QED) is 0.855. The number of thiazole rings is 1. The molecule has 0 spiro atoms. The molecular formula is C13H20N2O2S. The summed E-state index contributed by atoms with van der Waals surface area (Å²) >= 11 is 1.36. The minimum Gasteiger partial charge on any atom is -0.465 e. The van der Waals surface area contributed by atoms with Gasteiger partial charge in [-0.1, -0.05) is 25.2 Å². The lowest BCUT2D eigenvalue weighted by Crippen LogP contribution is -2.30. The zero-order valence-corrected chi connectivity index (χ0v) is 11.9. The molecule has 2 rings (SSSR count). The van der Waals surface area contributed by atoms with Gasteiger partial charge >= 0.3 is 5.97 Å². The van der Waals surface area contributed by atoms with Crippen molar-refractivity contribution >= 4 is 22.4 Å². The van der Waals surface area contributed by atoms with Crippen LogP contribution in [0.3, 0.4) is 0 Å². The molecule has 1 aliphatic rings. The van der Waals surface area contributed by atoms with Crippen LogP contribution in [0.5, 0.6) is 0 Å². The Morgan fingerprint density at radius 3 is 2.67 bits per heavy atom. The Labute approximate surface area is 112 Å². The van der Waals surface area contributed by atoms with Crippen molar-refractivity contribution in [2.75, 3.05) is 12.4 Å². The molecule has 2 atom stereocenters. The first-order valence-electron chi connectivity index (χ1n) is 6.39. The lowest BCUT2D eigenvalue weighted by atomic mass is 9.80. The second-order valence-electron chi connectivity index (χ2n) is 5.28. The monoisotopic (exact) mass is 268 g/mol. The van der Waals surface area contributed by atoms with Crippen molar-refractivity contribution < 1.29 is 9.53 Å². The van der Waals surface area contributed by atoms with E-state index < -0.39 is 0 Å². The summed E-state index contributed by atoms with van der Waals surface area (Å²) in [6.07, 6.45) is 5.24. The van der Waals surface area contributed by atoms with Gasteiger partial charge in [-0.2, -0.15) is 0 Å². The number of ether oxygens (including phenoxy) is 1. The first kappa shape index (κ1) is 13.3. The summed E-state index contributed by atoms with van der Waals surface area (Å²) in [4.78, 5) is 16.1. The maximum Gasteiger partial charge on any atom is 0.349 e. The van der Waals surface area contributed by atoms with Crippen LogP contribution in [0.1, 0.15) is 42.8 Å². The minimum absolute atomic E-state index is 0.314. The van der Waals surface area contributed by atoms with Crippen molar-refractivity contribution in [2.45, 2.75) is 39.2 Å². The van der Waals surface area contributed by atoms with Crippen molar-refractivity contribution in [3.8, 4) is 0 Å². The molecule has 1 N–H and O–H groups in total. The van der Waals surface area contributed by atoms with Gasteiger partial charge in [0.05, 0.1) is 13.3 Å². The van der Waals surface area contributed by atoms with Gasteiger partial charge in [0.2, 0.25) is 0 Å². The topological polar surface area (TPSA) is 51.2 Å². The third kappa shape index (κ3) is 3.22. The number of hydrogen-bond donors (Lipinski definition) is 1. The molecule has 1 aromatic rings. The summed E-state index contributed by atoms with van der Waals surface area (Å²) in [7, 11) is 1.39. The highest BCUT2D eigenvalue weighted by Gasteiger charge is 2.24. The number of rotatable bonds is 3. The molecule has 0 aliphatic heterocycles. The van der Waals surface area contributed by atoms with Crippen LogP contribution in [-0.2, 0) is 4.74 Å². The summed E-state index contributed by atoms with van der Waals surface area (Å²) < 4.78 is 4.68. The third-order valence-electron chi connectivity index (χ3n) is 3.40. The lowest BCUT2D eigenvalue weighted by molar-refractivity contribution is 0.0606. The number of anilines is 1. The number of nitrogens with zero attached hydrogens (tertiary/aromatic N) is 1. The summed E-state index contributed by atoms with van der Waals surface area (Å²) in [5.74, 6) is 1.20. The number of hydrogen-bond acceptors (Lipinski definition) is 5. The standard InChI is InChI=1S/C13H20N2O2S/c1-8-4-9(2)6-10(5-8)15-13-14-7-11(18-13)12(16)17-3/h7-10H,4-6H2,1-3H3,(H,14,15). The van der Waals surface area contributed by atoms with Crippen LogP contribution in [0.2, 0.25) is 0 Å². The Morgan fingerprint density at radius 2 is 2.06 bits per heavy atom. The van der Waals surface area contributed by atoms with E-state index in [9.17, 15) is 4.79 Å². The van der Waals surface area contributed by atoms with E-state index in [-0.39, 0.29) is 5.97 Å². The van der Waals surface area contributed by atoms with E-state index >= 15 is 0 Å². The third-order valence-corrected chi connectivity index (χ3v) is 4.31. The van der Waals surface area contributed by atoms with Gasteiger partial charge in [-0.15, -0.1) is 0 Å². The SMILES string of the molecule is COC(=O)c1cnc(NC2CC(C)CC(C)C2)s1. The Balaban J connectivity index is 1.96. The molecule has 1 aromatic heterocycles. The van der Waals surface area contributed by atoms with Crippen LogP contribution >= 0.6 is 11.3 Å². The average Bonchev–Trinajstić information content (AvgIpc) is 2.75. The molecule has 1 fully saturated rings. The number of nitrogens with one attached hydrogen (secondary N) is 1. The van der Waals surface area contributed by atoms with Crippen molar-refractivity contribution in [1.29, 1.82) is 0 Å². The number of methoxy groups -OCH3 is 1. The molecule has 0 bridgehead atoms. The van der Waals surface area contributed by atoms with Gasteiger partial charge in [-0.25, -0.2) is 9.78 Å². The average molecular weight is 268 g/mol. The maximum absolute atomic E-state index is 11.3. The summed E-state index contributed by atoms with van der Waals surface area (Å²) in [5.41, 5.74) is 0. The van der Waals surface area contributed by atoms with E-state index in [4.69, 9.17) is 0 Å². The minimum atomic E-state index is -0.314.